The maximum atomic E-state index is 12.4. The summed E-state index contributed by atoms with van der Waals surface area (Å²) in [5, 5.41) is 2.96. The van der Waals surface area contributed by atoms with E-state index < -0.39 is 0 Å². The number of carbonyl (C=O) groups is 1. The molecule has 0 radical (unpaired) electrons. The third-order valence-electron chi connectivity index (χ3n) is 4.28. The number of amides is 1. The third kappa shape index (κ3) is 3.12. The van der Waals surface area contributed by atoms with E-state index in [0.29, 0.717) is 17.4 Å². The highest BCUT2D eigenvalue weighted by Crippen LogP contribution is 2.36. The second-order valence-electron chi connectivity index (χ2n) is 6.12. The van der Waals surface area contributed by atoms with Crippen LogP contribution in [0.3, 0.4) is 0 Å². The van der Waals surface area contributed by atoms with Crippen LogP contribution in [0.15, 0.2) is 24.3 Å². The predicted molar refractivity (Wildman–Crippen MR) is 81.4 cm³/mol. The van der Waals surface area contributed by atoms with Gasteiger partial charge in [-0.15, -0.1) is 0 Å². The van der Waals surface area contributed by atoms with Gasteiger partial charge in [-0.3, -0.25) is 9.69 Å². The Balaban J connectivity index is 1.64. The largest absolute Gasteiger partial charge is 0.397 e. The lowest BCUT2D eigenvalue weighted by molar-refractivity contribution is -0.121. The van der Waals surface area contributed by atoms with E-state index in [4.69, 9.17) is 5.73 Å². The van der Waals surface area contributed by atoms with Crippen molar-refractivity contribution >= 4 is 17.3 Å². The second-order valence-corrected chi connectivity index (χ2v) is 6.12. The van der Waals surface area contributed by atoms with E-state index in [0.717, 1.165) is 12.5 Å². The van der Waals surface area contributed by atoms with Crippen LogP contribution in [0.25, 0.3) is 0 Å². The molecular weight excluding hydrogens is 250 g/mol. The zero-order valence-corrected chi connectivity index (χ0v) is 12.0. The Hall–Kier alpha value is -1.55. The molecular formula is C16H23N3O. The molecule has 0 bridgehead atoms. The summed E-state index contributed by atoms with van der Waals surface area (Å²) in [6.45, 7) is 3.08. The van der Waals surface area contributed by atoms with E-state index in [2.05, 4.69) is 10.2 Å². The van der Waals surface area contributed by atoms with Crippen LogP contribution in [0.2, 0.25) is 0 Å². The van der Waals surface area contributed by atoms with Crippen LogP contribution in [0, 0.1) is 5.92 Å². The number of benzene rings is 1. The molecule has 1 unspecified atom stereocenters. The molecule has 1 aromatic rings. The second kappa shape index (κ2) is 5.44. The first kappa shape index (κ1) is 13.4. The summed E-state index contributed by atoms with van der Waals surface area (Å²) in [5.74, 6) is 0.864. The van der Waals surface area contributed by atoms with Gasteiger partial charge in [0.1, 0.15) is 0 Å². The fourth-order valence-electron chi connectivity index (χ4n) is 2.63. The van der Waals surface area contributed by atoms with Crippen molar-refractivity contribution in [3.05, 3.63) is 24.3 Å². The number of para-hydroxylation sites is 2. The minimum atomic E-state index is -0.0808. The number of hydrogen-bond donors (Lipinski definition) is 2. The predicted octanol–water partition coefficient (Wildman–Crippen LogP) is 2.47. The topological polar surface area (TPSA) is 58.4 Å². The first-order valence-electron chi connectivity index (χ1n) is 7.56. The van der Waals surface area contributed by atoms with Crippen molar-refractivity contribution in [1.29, 1.82) is 0 Å². The van der Waals surface area contributed by atoms with E-state index in [-0.39, 0.29) is 11.9 Å². The summed E-state index contributed by atoms with van der Waals surface area (Å²) >= 11 is 0. The number of nitrogens with two attached hydrogens (primary N) is 1. The molecule has 0 aliphatic heterocycles. The van der Waals surface area contributed by atoms with Crippen molar-refractivity contribution < 1.29 is 4.79 Å². The summed E-state index contributed by atoms with van der Waals surface area (Å²) < 4.78 is 0. The Morgan fingerprint density at radius 2 is 2.05 bits per heavy atom. The molecule has 2 saturated carbocycles. The molecule has 0 spiro atoms. The van der Waals surface area contributed by atoms with Crippen molar-refractivity contribution in [2.45, 2.75) is 44.7 Å². The lowest BCUT2D eigenvalue weighted by Crippen LogP contribution is -2.44. The highest BCUT2D eigenvalue weighted by Gasteiger charge is 2.38. The normalized spacial score (nSPS) is 19.9. The van der Waals surface area contributed by atoms with Gasteiger partial charge in [0, 0.05) is 12.6 Å². The van der Waals surface area contributed by atoms with Crippen LogP contribution in [0.4, 0.5) is 11.4 Å². The number of carbonyl (C=O) groups excluding carboxylic acids is 1. The number of nitrogens with one attached hydrogen (secondary N) is 1. The summed E-state index contributed by atoms with van der Waals surface area (Å²) in [5.41, 5.74) is 7.21. The Bertz CT molecular complexity index is 494. The van der Waals surface area contributed by atoms with Crippen molar-refractivity contribution in [2.75, 3.05) is 17.6 Å². The molecule has 20 heavy (non-hydrogen) atoms. The van der Waals surface area contributed by atoms with Crippen LogP contribution in [-0.4, -0.2) is 29.4 Å². The molecule has 2 aliphatic carbocycles. The summed E-state index contributed by atoms with van der Waals surface area (Å²) in [6.07, 6.45) is 5.11. The van der Waals surface area contributed by atoms with Gasteiger partial charge in [0.25, 0.3) is 0 Å². The number of nitrogens with zero attached hydrogens (tertiary/aromatic N) is 1. The fraction of sp³-hybridized carbons (Fsp3) is 0.562. The Morgan fingerprint density at radius 3 is 2.65 bits per heavy atom. The maximum absolute atomic E-state index is 12.4. The van der Waals surface area contributed by atoms with E-state index >= 15 is 0 Å². The average Bonchev–Trinajstić information content (AvgIpc) is 3.30. The summed E-state index contributed by atoms with van der Waals surface area (Å²) in [7, 11) is 0. The molecule has 1 atom stereocenters. The van der Waals surface area contributed by atoms with Crippen LogP contribution >= 0.6 is 0 Å². The molecule has 2 fully saturated rings. The van der Waals surface area contributed by atoms with Crippen molar-refractivity contribution in [3.63, 3.8) is 0 Å². The van der Waals surface area contributed by atoms with Gasteiger partial charge >= 0.3 is 0 Å². The van der Waals surface area contributed by atoms with Gasteiger partial charge in [-0.25, -0.2) is 0 Å². The highest BCUT2D eigenvalue weighted by molar-refractivity contribution is 5.97. The fourth-order valence-corrected chi connectivity index (χ4v) is 2.63. The molecule has 3 rings (SSSR count). The van der Waals surface area contributed by atoms with Gasteiger partial charge < -0.3 is 11.1 Å². The molecule has 1 amide bonds. The van der Waals surface area contributed by atoms with E-state index in [1.807, 2.05) is 31.2 Å². The van der Waals surface area contributed by atoms with Crippen LogP contribution in [0.5, 0.6) is 0 Å². The number of hydrogen-bond acceptors (Lipinski definition) is 3. The van der Waals surface area contributed by atoms with Crippen LogP contribution in [-0.2, 0) is 4.79 Å². The van der Waals surface area contributed by atoms with Gasteiger partial charge in [0.2, 0.25) is 5.91 Å². The first-order valence-corrected chi connectivity index (χ1v) is 7.56. The quantitative estimate of drug-likeness (QED) is 0.783. The van der Waals surface area contributed by atoms with E-state index in [9.17, 15) is 4.79 Å². The molecule has 108 valence electrons. The van der Waals surface area contributed by atoms with E-state index in [1.165, 1.54) is 25.7 Å². The Labute approximate surface area is 120 Å². The highest BCUT2D eigenvalue weighted by atomic mass is 16.2. The molecule has 0 heterocycles. The number of nitrogen functional groups attached to an aromatic ring is 1. The number of rotatable bonds is 6. The van der Waals surface area contributed by atoms with Crippen LogP contribution in [0.1, 0.15) is 32.6 Å². The molecule has 0 aromatic heterocycles. The Morgan fingerprint density at radius 1 is 1.35 bits per heavy atom. The Kier molecular flexibility index (Phi) is 3.66. The van der Waals surface area contributed by atoms with Crippen molar-refractivity contribution in [3.8, 4) is 0 Å². The lowest BCUT2D eigenvalue weighted by atomic mass is 10.2. The van der Waals surface area contributed by atoms with Crippen molar-refractivity contribution in [1.82, 2.24) is 4.90 Å². The molecule has 1 aromatic carbocycles. The van der Waals surface area contributed by atoms with E-state index in [1.54, 1.807) is 0 Å². The van der Waals surface area contributed by atoms with Gasteiger partial charge in [-0.05, 0) is 50.7 Å². The molecule has 4 nitrogen and oxygen atoms in total. The van der Waals surface area contributed by atoms with Gasteiger partial charge in [0.05, 0.1) is 17.4 Å². The first-order chi connectivity index (χ1) is 9.65. The van der Waals surface area contributed by atoms with Crippen molar-refractivity contribution in [2.24, 2.45) is 5.92 Å². The van der Waals surface area contributed by atoms with Gasteiger partial charge in [-0.2, -0.15) is 0 Å². The smallest absolute Gasteiger partial charge is 0.241 e. The molecule has 2 aliphatic rings. The SMILES string of the molecule is CC(C(=O)Nc1ccccc1N)N(CC1CC1)C1CC1. The average molecular weight is 273 g/mol. The maximum Gasteiger partial charge on any atom is 0.241 e. The summed E-state index contributed by atoms with van der Waals surface area (Å²) in [4.78, 5) is 14.8. The monoisotopic (exact) mass is 273 g/mol. The molecule has 4 heteroatoms. The molecule has 3 N–H and O–H groups in total. The van der Waals surface area contributed by atoms with Gasteiger partial charge in [-0.1, -0.05) is 12.1 Å². The van der Waals surface area contributed by atoms with Gasteiger partial charge in [0.15, 0.2) is 0 Å². The number of anilines is 2. The minimum Gasteiger partial charge on any atom is -0.397 e. The molecule has 0 saturated heterocycles. The minimum absolute atomic E-state index is 0.0513. The third-order valence-corrected chi connectivity index (χ3v) is 4.28. The summed E-state index contributed by atoms with van der Waals surface area (Å²) in [6, 6.07) is 7.95. The zero-order chi connectivity index (χ0) is 14.1. The lowest BCUT2D eigenvalue weighted by Gasteiger charge is -2.28. The van der Waals surface area contributed by atoms with Crippen LogP contribution < -0.4 is 11.1 Å². The standard InChI is InChI=1S/C16H23N3O/c1-11(19(13-8-9-13)10-12-6-7-12)16(20)18-15-5-3-2-4-14(15)17/h2-5,11-13H,6-10,17H2,1H3,(H,18,20). The zero-order valence-electron chi connectivity index (χ0n) is 12.0.